The van der Waals surface area contributed by atoms with Crippen molar-refractivity contribution in [2.24, 2.45) is 4.99 Å². The molecular weight excluding hydrogens is 348 g/mol. The second-order valence-electron chi connectivity index (χ2n) is 7.32. The molecule has 3 heterocycles. The monoisotopic (exact) mass is 374 g/mol. The second kappa shape index (κ2) is 8.83. The minimum absolute atomic E-state index is 0.784. The van der Waals surface area contributed by atoms with E-state index in [1.807, 2.05) is 17.2 Å². The normalized spacial score (nSPS) is 19.3. The lowest BCUT2D eigenvalue weighted by Gasteiger charge is -2.23. The summed E-state index contributed by atoms with van der Waals surface area (Å²) >= 11 is 0. The van der Waals surface area contributed by atoms with Crippen LogP contribution in [0.1, 0.15) is 30.4 Å². The van der Waals surface area contributed by atoms with Gasteiger partial charge >= 0.3 is 0 Å². The molecule has 1 fully saturated rings. The Morgan fingerprint density at radius 2 is 1.96 bits per heavy atom. The number of pyridine rings is 1. The Kier molecular flexibility index (Phi) is 5.80. The number of hydrogen-bond acceptors (Lipinski definition) is 4. The Morgan fingerprint density at radius 1 is 1.00 bits per heavy atom. The van der Waals surface area contributed by atoms with Crippen molar-refractivity contribution in [3.8, 4) is 0 Å². The van der Waals surface area contributed by atoms with Gasteiger partial charge in [-0.3, -0.25) is 14.8 Å². The Hall–Kier alpha value is -2.95. The molecule has 28 heavy (non-hydrogen) atoms. The Bertz CT molecular complexity index is 875. The molecule has 1 amide bonds. The maximum absolute atomic E-state index is 11.1. The molecule has 1 saturated heterocycles. The van der Waals surface area contributed by atoms with Crippen LogP contribution in [0.3, 0.4) is 0 Å². The number of amides is 1. The summed E-state index contributed by atoms with van der Waals surface area (Å²) in [5.74, 6) is 0. The minimum atomic E-state index is 0.784. The van der Waals surface area contributed by atoms with Crippen LogP contribution >= 0.6 is 0 Å². The fraction of sp³-hybridized carbons (Fsp3) is 0.348. The number of allylic oxidation sites excluding steroid dienone is 1. The number of rotatable bonds is 4. The summed E-state index contributed by atoms with van der Waals surface area (Å²) in [6.45, 7) is 4.36. The number of nitrogens with zero attached hydrogens (tertiary/aromatic N) is 4. The van der Waals surface area contributed by atoms with Gasteiger partial charge in [0.2, 0.25) is 6.41 Å². The largest absolute Gasteiger partial charge is 0.370 e. The number of benzene rings is 1. The summed E-state index contributed by atoms with van der Waals surface area (Å²) in [7, 11) is 0. The number of hydrogen-bond donors (Lipinski definition) is 0. The first-order valence-corrected chi connectivity index (χ1v) is 10.0. The third kappa shape index (κ3) is 4.30. The third-order valence-corrected chi connectivity index (χ3v) is 5.37. The van der Waals surface area contributed by atoms with Crippen LogP contribution in [0.5, 0.6) is 0 Å². The minimum Gasteiger partial charge on any atom is -0.370 e. The first-order chi connectivity index (χ1) is 13.8. The Labute approximate surface area is 166 Å². The zero-order valence-electron chi connectivity index (χ0n) is 16.1. The van der Waals surface area contributed by atoms with E-state index in [0.717, 1.165) is 69.7 Å². The lowest BCUT2D eigenvalue weighted by atomic mass is 9.95. The first kappa shape index (κ1) is 18.4. The molecule has 0 N–H and O–H groups in total. The van der Waals surface area contributed by atoms with E-state index in [1.165, 1.54) is 16.8 Å². The van der Waals surface area contributed by atoms with E-state index >= 15 is 0 Å². The molecule has 1 aromatic carbocycles. The highest BCUT2D eigenvalue weighted by Gasteiger charge is 2.16. The molecule has 144 valence electrons. The smallest absolute Gasteiger partial charge is 0.209 e. The Balaban J connectivity index is 1.58. The van der Waals surface area contributed by atoms with Crippen LogP contribution in [0.15, 0.2) is 59.4 Å². The molecule has 0 radical (unpaired) electrons. The molecule has 2 aliphatic heterocycles. The Morgan fingerprint density at radius 3 is 2.82 bits per heavy atom. The van der Waals surface area contributed by atoms with Gasteiger partial charge in [0.15, 0.2) is 0 Å². The molecule has 2 aromatic rings. The van der Waals surface area contributed by atoms with Crippen molar-refractivity contribution in [1.82, 2.24) is 9.88 Å². The fourth-order valence-corrected chi connectivity index (χ4v) is 3.91. The molecule has 5 nitrogen and oxygen atoms in total. The van der Waals surface area contributed by atoms with E-state index in [1.54, 1.807) is 6.20 Å². The van der Waals surface area contributed by atoms with Crippen LogP contribution in [0.25, 0.3) is 6.08 Å². The van der Waals surface area contributed by atoms with Crippen molar-refractivity contribution in [2.45, 2.75) is 19.3 Å². The predicted octanol–water partition coefficient (Wildman–Crippen LogP) is 3.42. The number of carbonyl (C=O) groups excluding carboxylic acids is 1. The zero-order valence-corrected chi connectivity index (χ0v) is 16.1. The van der Waals surface area contributed by atoms with E-state index < -0.39 is 0 Å². The molecule has 0 spiro atoms. The number of aromatic nitrogens is 1. The molecule has 0 aliphatic carbocycles. The van der Waals surface area contributed by atoms with E-state index in [-0.39, 0.29) is 0 Å². The molecule has 4 rings (SSSR count). The lowest BCUT2D eigenvalue weighted by molar-refractivity contribution is -0.117. The summed E-state index contributed by atoms with van der Waals surface area (Å²) in [4.78, 5) is 24.3. The van der Waals surface area contributed by atoms with Gasteiger partial charge in [0, 0.05) is 56.4 Å². The third-order valence-electron chi connectivity index (χ3n) is 5.37. The average molecular weight is 374 g/mol. The van der Waals surface area contributed by atoms with Crippen LogP contribution in [0.4, 0.5) is 5.69 Å². The van der Waals surface area contributed by atoms with Crippen LogP contribution < -0.4 is 4.90 Å². The summed E-state index contributed by atoms with van der Waals surface area (Å²) in [5, 5.41) is 0. The molecule has 0 unspecified atom stereocenters. The highest BCUT2D eigenvalue weighted by atomic mass is 16.1. The summed E-state index contributed by atoms with van der Waals surface area (Å²) in [6, 6.07) is 12.7. The molecule has 0 saturated carbocycles. The van der Waals surface area contributed by atoms with E-state index in [2.05, 4.69) is 46.3 Å². The van der Waals surface area contributed by atoms with Crippen LogP contribution in [0.2, 0.25) is 0 Å². The number of anilines is 1. The molecule has 0 bridgehead atoms. The molecule has 1 aromatic heterocycles. The van der Waals surface area contributed by atoms with Gasteiger partial charge in [0.1, 0.15) is 0 Å². The quantitative estimate of drug-likeness (QED) is 0.771. The highest BCUT2D eigenvalue weighted by molar-refractivity contribution is 6.15. The molecule has 0 atom stereocenters. The summed E-state index contributed by atoms with van der Waals surface area (Å²) in [6.07, 6.45) is 10.1. The van der Waals surface area contributed by atoms with Crippen molar-refractivity contribution in [1.29, 1.82) is 0 Å². The molecule has 2 aliphatic rings. The van der Waals surface area contributed by atoms with E-state index in [9.17, 15) is 4.79 Å². The maximum Gasteiger partial charge on any atom is 0.209 e. The van der Waals surface area contributed by atoms with Crippen molar-refractivity contribution in [3.63, 3.8) is 0 Å². The summed E-state index contributed by atoms with van der Waals surface area (Å²) < 4.78 is 0. The zero-order chi connectivity index (χ0) is 19.2. The van der Waals surface area contributed by atoms with Gasteiger partial charge < -0.3 is 9.80 Å². The predicted molar refractivity (Wildman–Crippen MR) is 114 cm³/mol. The van der Waals surface area contributed by atoms with Gasteiger partial charge in [-0.15, -0.1) is 0 Å². The van der Waals surface area contributed by atoms with Crippen LogP contribution in [-0.4, -0.2) is 54.7 Å². The topological polar surface area (TPSA) is 48.8 Å². The van der Waals surface area contributed by atoms with Gasteiger partial charge in [0.05, 0.1) is 5.71 Å². The van der Waals surface area contributed by atoms with Gasteiger partial charge in [-0.25, -0.2) is 0 Å². The lowest BCUT2D eigenvalue weighted by Crippen LogP contribution is -2.29. The van der Waals surface area contributed by atoms with Gasteiger partial charge in [-0.2, -0.15) is 0 Å². The van der Waals surface area contributed by atoms with Crippen molar-refractivity contribution in [2.75, 3.05) is 37.6 Å². The van der Waals surface area contributed by atoms with Gasteiger partial charge in [-0.05, 0) is 60.7 Å². The SMILES string of the molecule is O=CN1CCCN(c2cccc(C=C3CCCN=C3c3cccnc3)c2)CC1. The van der Waals surface area contributed by atoms with E-state index in [0.29, 0.717) is 0 Å². The number of carbonyl (C=O) groups is 1. The van der Waals surface area contributed by atoms with Crippen molar-refractivity contribution >= 4 is 23.9 Å². The standard InChI is InChI=1S/C23H26N4O/c28-18-26-11-4-12-27(14-13-26)22-8-1-5-19(16-22)15-20-6-3-10-25-23(20)21-7-2-9-24-17-21/h1-2,5,7-9,15-18H,3-4,6,10-14H2. The molecular formula is C23H26N4O. The molecule has 5 heteroatoms. The van der Waals surface area contributed by atoms with E-state index in [4.69, 9.17) is 4.99 Å². The van der Waals surface area contributed by atoms with Crippen molar-refractivity contribution < 1.29 is 4.79 Å². The summed E-state index contributed by atoms with van der Waals surface area (Å²) in [5.41, 5.74) is 5.85. The van der Waals surface area contributed by atoms with Crippen LogP contribution in [-0.2, 0) is 4.79 Å². The highest BCUT2D eigenvalue weighted by Crippen LogP contribution is 2.24. The maximum atomic E-state index is 11.1. The second-order valence-corrected chi connectivity index (χ2v) is 7.32. The van der Waals surface area contributed by atoms with Gasteiger partial charge in [-0.1, -0.05) is 12.1 Å². The van der Waals surface area contributed by atoms with Crippen molar-refractivity contribution in [3.05, 3.63) is 65.5 Å². The van der Waals surface area contributed by atoms with Gasteiger partial charge in [0.25, 0.3) is 0 Å². The number of aliphatic imine (C=N–C) groups is 1. The average Bonchev–Trinajstić information content (AvgIpc) is 3.01. The van der Waals surface area contributed by atoms with Crippen LogP contribution in [0, 0.1) is 0 Å². The fourth-order valence-electron chi connectivity index (χ4n) is 3.91. The first-order valence-electron chi connectivity index (χ1n) is 10.0.